The molecule has 0 fully saturated rings. The van der Waals surface area contributed by atoms with Crippen LogP contribution in [0, 0.1) is 5.41 Å². The number of carbonyl (C=O) groups excluding carboxylic acids is 2. The number of hydrogen-bond acceptors (Lipinski definition) is 3. The Morgan fingerprint density at radius 3 is 2.59 bits per heavy atom. The summed E-state index contributed by atoms with van der Waals surface area (Å²) in [5.41, 5.74) is 1.57. The molecular weight excluding hydrogens is 280 g/mol. The van der Waals surface area contributed by atoms with Crippen molar-refractivity contribution < 1.29 is 14.7 Å². The number of hydrogen-bond donors (Lipinski definition) is 3. The van der Waals surface area contributed by atoms with Crippen LogP contribution in [0.3, 0.4) is 0 Å². The van der Waals surface area contributed by atoms with Crippen molar-refractivity contribution in [2.45, 2.75) is 40.0 Å². The van der Waals surface area contributed by atoms with Crippen LogP contribution < -0.4 is 10.6 Å². The van der Waals surface area contributed by atoms with Gasteiger partial charge >= 0.3 is 11.8 Å². The number of aryl methyl sites for hydroxylation is 1. The number of nitrogens with one attached hydrogen (secondary N) is 2. The molecule has 1 rings (SSSR count). The standard InChI is InChI=1S/C17H26N2O3/c1-4-13-7-5-8-14(11-13)19-16(22)15(21)18-10-6-9-17(2,3)12-20/h5,7-8,11,20H,4,6,9-10,12H2,1-3H3,(H,18,21)(H,19,22). The summed E-state index contributed by atoms with van der Waals surface area (Å²) in [6.07, 6.45) is 2.37. The van der Waals surface area contributed by atoms with Crippen molar-refractivity contribution in [1.82, 2.24) is 5.32 Å². The van der Waals surface area contributed by atoms with E-state index in [1.165, 1.54) is 0 Å². The molecule has 0 saturated carbocycles. The van der Waals surface area contributed by atoms with Crippen LogP contribution in [-0.2, 0) is 16.0 Å². The number of benzene rings is 1. The van der Waals surface area contributed by atoms with Crippen LogP contribution >= 0.6 is 0 Å². The fraction of sp³-hybridized carbons (Fsp3) is 0.529. The molecule has 0 heterocycles. The molecule has 22 heavy (non-hydrogen) atoms. The Bertz CT molecular complexity index is 512. The van der Waals surface area contributed by atoms with E-state index in [1.807, 2.05) is 39.0 Å². The Balaban J connectivity index is 2.37. The average molecular weight is 306 g/mol. The Kier molecular flexibility index (Phi) is 7.05. The predicted octanol–water partition coefficient (Wildman–Crippen LogP) is 2.10. The highest BCUT2D eigenvalue weighted by Gasteiger charge is 2.17. The average Bonchev–Trinajstić information content (AvgIpc) is 2.51. The van der Waals surface area contributed by atoms with Crippen molar-refractivity contribution in [3.8, 4) is 0 Å². The summed E-state index contributed by atoms with van der Waals surface area (Å²) in [5.74, 6) is -1.29. The van der Waals surface area contributed by atoms with Crippen LogP contribution in [0.1, 0.15) is 39.2 Å². The number of aliphatic hydroxyl groups is 1. The fourth-order valence-electron chi connectivity index (χ4n) is 1.99. The van der Waals surface area contributed by atoms with E-state index in [9.17, 15) is 9.59 Å². The topological polar surface area (TPSA) is 78.4 Å². The Hall–Kier alpha value is -1.88. The highest BCUT2D eigenvalue weighted by atomic mass is 16.3. The molecule has 0 spiro atoms. The zero-order valence-corrected chi connectivity index (χ0v) is 13.6. The van der Waals surface area contributed by atoms with Crippen molar-refractivity contribution in [1.29, 1.82) is 0 Å². The number of anilines is 1. The largest absolute Gasteiger partial charge is 0.396 e. The van der Waals surface area contributed by atoms with Gasteiger partial charge in [0.25, 0.3) is 0 Å². The van der Waals surface area contributed by atoms with Crippen LogP contribution in [0.2, 0.25) is 0 Å². The molecule has 122 valence electrons. The molecule has 1 aromatic carbocycles. The third-order valence-electron chi connectivity index (χ3n) is 3.54. The van der Waals surface area contributed by atoms with Gasteiger partial charge in [-0.15, -0.1) is 0 Å². The van der Waals surface area contributed by atoms with Crippen LogP contribution in [0.25, 0.3) is 0 Å². The molecule has 0 aliphatic heterocycles. The first-order valence-corrected chi connectivity index (χ1v) is 7.67. The summed E-state index contributed by atoms with van der Waals surface area (Å²) >= 11 is 0. The number of amides is 2. The Labute approximate surface area is 132 Å². The highest BCUT2D eigenvalue weighted by Crippen LogP contribution is 2.20. The van der Waals surface area contributed by atoms with E-state index < -0.39 is 11.8 Å². The van der Waals surface area contributed by atoms with Crippen LogP contribution in [0.5, 0.6) is 0 Å². The highest BCUT2D eigenvalue weighted by molar-refractivity contribution is 6.39. The minimum absolute atomic E-state index is 0.106. The summed E-state index contributed by atoms with van der Waals surface area (Å²) in [6.45, 7) is 6.48. The van der Waals surface area contributed by atoms with E-state index in [4.69, 9.17) is 5.11 Å². The van der Waals surface area contributed by atoms with Gasteiger partial charge in [-0.25, -0.2) is 0 Å². The maximum absolute atomic E-state index is 11.8. The number of rotatable bonds is 7. The van der Waals surface area contributed by atoms with Crippen LogP contribution in [0.15, 0.2) is 24.3 Å². The van der Waals surface area contributed by atoms with Gasteiger partial charge in [0.1, 0.15) is 0 Å². The van der Waals surface area contributed by atoms with Gasteiger partial charge in [0.2, 0.25) is 0 Å². The maximum atomic E-state index is 11.8. The summed E-state index contributed by atoms with van der Waals surface area (Å²) in [5, 5.41) is 14.3. The lowest BCUT2D eigenvalue weighted by Crippen LogP contribution is -2.36. The van der Waals surface area contributed by atoms with Crippen molar-refractivity contribution in [3.63, 3.8) is 0 Å². The predicted molar refractivity (Wildman–Crippen MR) is 87.6 cm³/mol. The van der Waals surface area contributed by atoms with Gasteiger partial charge in [-0.05, 0) is 42.4 Å². The zero-order valence-electron chi connectivity index (χ0n) is 13.6. The van der Waals surface area contributed by atoms with Crippen molar-refractivity contribution >= 4 is 17.5 Å². The third-order valence-corrected chi connectivity index (χ3v) is 3.54. The fourth-order valence-corrected chi connectivity index (χ4v) is 1.99. The first-order chi connectivity index (χ1) is 10.4. The Morgan fingerprint density at radius 1 is 1.23 bits per heavy atom. The van der Waals surface area contributed by atoms with Gasteiger partial charge < -0.3 is 15.7 Å². The Morgan fingerprint density at radius 2 is 1.95 bits per heavy atom. The molecule has 2 amide bonds. The number of aliphatic hydroxyl groups excluding tert-OH is 1. The van der Waals surface area contributed by atoms with Gasteiger partial charge in [-0.1, -0.05) is 32.9 Å². The van der Waals surface area contributed by atoms with Gasteiger partial charge in [0, 0.05) is 18.8 Å². The SMILES string of the molecule is CCc1cccc(NC(=O)C(=O)NCCCC(C)(C)CO)c1. The molecule has 0 bridgehead atoms. The molecule has 3 N–H and O–H groups in total. The van der Waals surface area contributed by atoms with Crippen LogP contribution in [0.4, 0.5) is 5.69 Å². The van der Waals surface area contributed by atoms with E-state index in [0.29, 0.717) is 12.2 Å². The normalized spacial score (nSPS) is 11.1. The molecule has 0 aromatic heterocycles. The van der Waals surface area contributed by atoms with E-state index in [1.54, 1.807) is 6.07 Å². The van der Waals surface area contributed by atoms with E-state index >= 15 is 0 Å². The van der Waals surface area contributed by atoms with Gasteiger partial charge in [-0.3, -0.25) is 9.59 Å². The third kappa shape index (κ3) is 6.26. The van der Waals surface area contributed by atoms with Gasteiger partial charge in [0.15, 0.2) is 0 Å². The summed E-state index contributed by atoms with van der Waals surface area (Å²) in [7, 11) is 0. The summed E-state index contributed by atoms with van der Waals surface area (Å²) in [4.78, 5) is 23.5. The summed E-state index contributed by atoms with van der Waals surface area (Å²) < 4.78 is 0. The zero-order chi connectivity index (χ0) is 16.6. The summed E-state index contributed by atoms with van der Waals surface area (Å²) in [6, 6.07) is 7.44. The van der Waals surface area contributed by atoms with E-state index in [-0.39, 0.29) is 12.0 Å². The molecule has 0 atom stereocenters. The van der Waals surface area contributed by atoms with E-state index in [2.05, 4.69) is 10.6 Å². The van der Waals surface area contributed by atoms with Crippen molar-refractivity contribution in [2.24, 2.45) is 5.41 Å². The molecule has 0 aliphatic carbocycles. The second kappa shape index (κ2) is 8.54. The van der Waals surface area contributed by atoms with Crippen LogP contribution in [-0.4, -0.2) is 30.1 Å². The molecule has 1 aromatic rings. The molecule has 5 heteroatoms. The van der Waals surface area contributed by atoms with Crippen molar-refractivity contribution in [2.75, 3.05) is 18.5 Å². The molecule has 0 radical (unpaired) electrons. The second-order valence-corrected chi connectivity index (χ2v) is 6.19. The minimum Gasteiger partial charge on any atom is -0.396 e. The smallest absolute Gasteiger partial charge is 0.313 e. The molecular formula is C17H26N2O3. The maximum Gasteiger partial charge on any atom is 0.313 e. The van der Waals surface area contributed by atoms with Gasteiger partial charge in [-0.2, -0.15) is 0 Å². The molecule has 0 aliphatic rings. The molecule has 0 unspecified atom stereocenters. The first-order valence-electron chi connectivity index (χ1n) is 7.67. The molecule has 0 saturated heterocycles. The second-order valence-electron chi connectivity index (χ2n) is 6.19. The van der Waals surface area contributed by atoms with Crippen molar-refractivity contribution in [3.05, 3.63) is 29.8 Å². The lowest BCUT2D eigenvalue weighted by molar-refractivity contribution is -0.136. The lowest BCUT2D eigenvalue weighted by Gasteiger charge is -2.21. The quantitative estimate of drug-likeness (QED) is 0.533. The monoisotopic (exact) mass is 306 g/mol. The van der Waals surface area contributed by atoms with E-state index in [0.717, 1.165) is 24.8 Å². The first kappa shape index (κ1) is 18.2. The number of carbonyl (C=O) groups is 2. The lowest BCUT2D eigenvalue weighted by atomic mass is 9.89. The van der Waals surface area contributed by atoms with Gasteiger partial charge in [0.05, 0.1) is 0 Å². The minimum atomic E-state index is -0.658. The molecule has 5 nitrogen and oxygen atoms in total.